The van der Waals surface area contributed by atoms with Crippen molar-refractivity contribution in [1.29, 1.82) is 0 Å². The van der Waals surface area contributed by atoms with E-state index in [2.05, 4.69) is 11.9 Å². The Labute approximate surface area is 77.4 Å². The number of rotatable bonds is 3. The second-order valence-electron chi connectivity index (χ2n) is 2.43. The predicted octanol–water partition coefficient (Wildman–Crippen LogP) is 1.20. The van der Waals surface area contributed by atoms with Crippen molar-refractivity contribution in [3.05, 3.63) is 18.7 Å². The predicted molar refractivity (Wildman–Crippen MR) is 50.8 cm³/mol. The van der Waals surface area contributed by atoms with Gasteiger partial charge in [0.1, 0.15) is 0 Å². The van der Waals surface area contributed by atoms with Crippen LogP contribution in [0.1, 0.15) is 13.3 Å². The molecule has 0 aliphatic rings. The largest absolute Gasteiger partial charge is 0.336 e. The minimum Gasteiger partial charge on any atom is -0.336 e. The summed E-state index contributed by atoms with van der Waals surface area (Å²) < 4.78 is 1.99. The van der Waals surface area contributed by atoms with Crippen molar-refractivity contribution in [2.75, 3.05) is 0 Å². The lowest BCUT2D eigenvalue weighted by Gasteiger charge is -2.07. The molecule has 0 aromatic carbocycles. The van der Waals surface area contributed by atoms with Crippen LogP contribution in [0.3, 0.4) is 0 Å². The number of nitrogens with zero attached hydrogens (tertiary/aromatic N) is 2. The lowest BCUT2D eigenvalue weighted by atomic mass is 10.2. The van der Waals surface area contributed by atoms with Gasteiger partial charge in [0.2, 0.25) is 0 Å². The topological polar surface area (TPSA) is 43.8 Å². The molecule has 1 aromatic heterocycles. The molecule has 3 nitrogen and oxygen atoms in total. The molecule has 0 radical (unpaired) electrons. The van der Waals surface area contributed by atoms with Crippen LogP contribution in [0, 0.1) is 0 Å². The number of imidazole rings is 1. The number of hydrogen-bond acceptors (Lipinski definition) is 2. The average molecular weight is 220 g/mol. The molecular formula is C7H14BrN3. The second-order valence-corrected chi connectivity index (χ2v) is 2.43. The molecule has 1 rings (SSSR count). The number of nitrogens with two attached hydrogens (primary N) is 1. The van der Waals surface area contributed by atoms with E-state index in [1.165, 1.54) is 0 Å². The molecule has 0 amide bonds. The Kier molecular flexibility index (Phi) is 5.15. The van der Waals surface area contributed by atoms with Crippen LogP contribution in [0.25, 0.3) is 0 Å². The molecular weight excluding hydrogens is 206 g/mol. The van der Waals surface area contributed by atoms with E-state index >= 15 is 0 Å². The van der Waals surface area contributed by atoms with Crippen LogP contribution < -0.4 is 5.73 Å². The molecule has 0 aliphatic carbocycles. The van der Waals surface area contributed by atoms with E-state index in [1.54, 1.807) is 12.5 Å². The summed E-state index contributed by atoms with van der Waals surface area (Å²) in [7, 11) is 0. The average Bonchev–Trinajstić information content (AvgIpc) is 2.40. The standard InChI is InChI=1S/C7H13N3.BrH/c1-2-7(8)5-10-4-3-9-6-10;/h3-4,6-7H,2,5,8H2,1H3;1H. The lowest BCUT2D eigenvalue weighted by Crippen LogP contribution is -2.24. The molecule has 0 spiro atoms. The first-order chi connectivity index (χ1) is 4.83. The van der Waals surface area contributed by atoms with Crippen LogP contribution >= 0.6 is 17.0 Å². The van der Waals surface area contributed by atoms with Gasteiger partial charge in [0.05, 0.1) is 6.33 Å². The molecule has 1 atom stereocenters. The summed E-state index contributed by atoms with van der Waals surface area (Å²) in [5.41, 5.74) is 5.72. The number of hydrogen-bond donors (Lipinski definition) is 1. The maximum atomic E-state index is 5.72. The van der Waals surface area contributed by atoms with Gasteiger partial charge < -0.3 is 10.3 Å². The smallest absolute Gasteiger partial charge is 0.0946 e. The molecule has 11 heavy (non-hydrogen) atoms. The van der Waals surface area contributed by atoms with Crippen LogP contribution in [0.4, 0.5) is 0 Å². The van der Waals surface area contributed by atoms with E-state index in [1.807, 2.05) is 10.8 Å². The molecule has 0 aliphatic heterocycles. The Balaban J connectivity index is 0.000001000. The quantitative estimate of drug-likeness (QED) is 0.831. The zero-order valence-electron chi connectivity index (χ0n) is 6.60. The molecule has 0 fully saturated rings. The molecule has 4 heteroatoms. The van der Waals surface area contributed by atoms with Gasteiger partial charge >= 0.3 is 0 Å². The summed E-state index contributed by atoms with van der Waals surface area (Å²) in [6, 6.07) is 0.259. The monoisotopic (exact) mass is 219 g/mol. The molecule has 0 bridgehead atoms. The Bertz CT molecular complexity index is 174. The van der Waals surface area contributed by atoms with Crippen LogP contribution in [-0.2, 0) is 6.54 Å². The van der Waals surface area contributed by atoms with Crippen molar-refractivity contribution in [2.24, 2.45) is 5.73 Å². The van der Waals surface area contributed by atoms with E-state index in [0.29, 0.717) is 0 Å². The van der Waals surface area contributed by atoms with Gasteiger partial charge in [-0.1, -0.05) is 6.92 Å². The van der Waals surface area contributed by atoms with Gasteiger partial charge in [-0.15, -0.1) is 17.0 Å². The second kappa shape index (κ2) is 5.32. The van der Waals surface area contributed by atoms with E-state index in [9.17, 15) is 0 Å². The Hall–Kier alpha value is -0.350. The summed E-state index contributed by atoms with van der Waals surface area (Å²) in [6.45, 7) is 2.96. The van der Waals surface area contributed by atoms with E-state index in [-0.39, 0.29) is 23.0 Å². The molecule has 64 valence electrons. The summed E-state index contributed by atoms with van der Waals surface area (Å²) >= 11 is 0. The first kappa shape index (κ1) is 10.7. The first-order valence-electron chi connectivity index (χ1n) is 3.54. The van der Waals surface area contributed by atoms with Crippen molar-refractivity contribution < 1.29 is 0 Å². The van der Waals surface area contributed by atoms with Gasteiger partial charge in [0.25, 0.3) is 0 Å². The van der Waals surface area contributed by atoms with Crippen molar-refractivity contribution in [3.63, 3.8) is 0 Å². The summed E-state index contributed by atoms with van der Waals surface area (Å²) in [5, 5.41) is 0. The van der Waals surface area contributed by atoms with Crippen LogP contribution in [0.5, 0.6) is 0 Å². The van der Waals surface area contributed by atoms with Gasteiger partial charge in [0.15, 0.2) is 0 Å². The molecule has 0 saturated heterocycles. The van der Waals surface area contributed by atoms with Crippen molar-refractivity contribution in [3.8, 4) is 0 Å². The molecule has 1 aromatic rings. The normalized spacial score (nSPS) is 12.2. The third-order valence-electron chi connectivity index (χ3n) is 1.53. The zero-order chi connectivity index (χ0) is 7.40. The van der Waals surface area contributed by atoms with Gasteiger partial charge in [-0.2, -0.15) is 0 Å². The van der Waals surface area contributed by atoms with Crippen LogP contribution in [0.15, 0.2) is 18.7 Å². The van der Waals surface area contributed by atoms with Crippen molar-refractivity contribution in [2.45, 2.75) is 25.9 Å². The van der Waals surface area contributed by atoms with Gasteiger partial charge in [-0.05, 0) is 6.42 Å². The highest BCUT2D eigenvalue weighted by atomic mass is 79.9. The third kappa shape index (κ3) is 3.53. The fourth-order valence-corrected chi connectivity index (χ4v) is 0.795. The fraction of sp³-hybridized carbons (Fsp3) is 0.571. The van der Waals surface area contributed by atoms with Gasteiger partial charge in [0, 0.05) is 25.0 Å². The van der Waals surface area contributed by atoms with E-state index in [4.69, 9.17) is 5.73 Å². The maximum Gasteiger partial charge on any atom is 0.0946 e. The molecule has 1 heterocycles. The fourth-order valence-electron chi connectivity index (χ4n) is 0.795. The highest BCUT2D eigenvalue weighted by Crippen LogP contribution is 1.92. The van der Waals surface area contributed by atoms with Crippen molar-refractivity contribution >= 4 is 17.0 Å². The Morgan fingerprint density at radius 3 is 2.82 bits per heavy atom. The molecule has 2 N–H and O–H groups in total. The Morgan fingerprint density at radius 1 is 1.64 bits per heavy atom. The number of aromatic nitrogens is 2. The summed E-state index contributed by atoms with van der Waals surface area (Å²) in [5.74, 6) is 0. The maximum absolute atomic E-state index is 5.72. The Morgan fingerprint density at radius 2 is 2.36 bits per heavy atom. The zero-order valence-corrected chi connectivity index (χ0v) is 8.32. The van der Waals surface area contributed by atoms with Gasteiger partial charge in [-0.25, -0.2) is 4.98 Å². The summed E-state index contributed by atoms with van der Waals surface area (Å²) in [6.07, 6.45) is 6.49. The SMILES string of the molecule is Br.CCC(N)Cn1ccnc1. The van der Waals surface area contributed by atoms with Crippen LogP contribution in [0.2, 0.25) is 0 Å². The highest BCUT2D eigenvalue weighted by molar-refractivity contribution is 8.93. The van der Waals surface area contributed by atoms with Gasteiger partial charge in [-0.3, -0.25) is 0 Å². The third-order valence-corrected chi connectivity index (χ3v) is 1.53. The summed E-state index contributed by atoms with van der Waals surface area (Å²) in [4.78, 5) is 3.92. The first-order valence-corrected chi connectivity index (χ1v) is 3.54. The molecule has 0 saturated carbocycles. The van der Waals surface area contributed by atoms with Crippen LogP contribution in [-0.4, -0.2) is 15.6 Å². The number of halogens is 1. The highest BCUT2D eigenvalue weighted by Gasteiger charge is 1.97. The van der Waals surface area contributed by atoms with E-state index < -0.39 is 0 Å². The minimum atomic E-state index is 0. The minimum absolute atomic E-state index is 0. The van der Waals surface area contributed by atoms with E-state index in [0.717, 1.165) is 13.0 Å². The molecule has 1 unspecified atom stereocenters. The lowest BCUT2D eigenvalue weighted by molar-refractivity contribution is 0.538. The van der Waals surface area contributed by atoms with Crippen molar-refractivity contribution in [1.82, 2.24) is 9.55 Å².